The Balaban J connectivity index is 1.40. The lowest BCUT2D eigenvalue weighted by molar-refractivity contribution is 0.174. The Kier molecular flexibility index (Phi) is 4.21. The zero-order valence-corrected chi connectivity index (χ0v) is 14.7. The maximum Gasteiger partial charge on any atom is 0.255 e. The largest absolute Gasteiger partial charge is 0.454 e. The maximum absolute atomic E-state index is 12.2. The number of benzene rings is 1. The van der Waals surface area contributed by atoms with Gasteiger partial charge in [0.2, 0.25) is 6.79 Å². The summed E-state index contributed by atoms with van der Waals surface area (Å²) in [5, 5.41) is 0. The molecule has 0 fully saturated rings. The molecule has 1 aromatic carbocycles. The van der Waals surface area contributed by atoms with Crippen molar-refractivity contribution in [3.63, 3.8) is 0 Å². The average molecular weight is 341 g/mol. The van der Waals surface area contributed by atoms with Crippen molar-refractivity contribution in [3.05, 3.63) is 51.2 Å². The average Bonchev–Trinajstić information content (AvgIpc) is 3.03. The van der Waals surface area contributed by atoms with Crippen molar-refractivity contribution in [2.75, 3.05) is 19.9 Å². The zero-order valence-electron chi connectivity index (χ0n) is 14.7. The van der Waals surface area contributed by atoms with Gasteiger partial charge in [0.1, 0.15) is 5.82 Å². The first-order valence-corrected chi connectivity index (χ1v) is 8.78. The second-order valence-corrected chi connectivity index (χ2v) is 7.06. The van der Waals surface area contributed by atoms with Crippen LogP contribution in [0.1, 0.15) is 29.6 Å². The van der Waals surface area contributed by atoms with Crippen LogP contribution >= 0.6 is 0 Å². The van der Waals surface area contributed by atoms with Gasteiger partial charge in [-0.2, -0.15) is 0 Å². The third-order valence-corrected chi connectivity index (χ3v) is 4.86. The van der Waals surface area contributed by atoms with Gasteiger partial charge in [-0.05, 0) is 37.0 Å². The number of rotatable bonds is 4. The number of fused-ring (bicyclic) bond motifs is 2. The molecule has 2 aliphatic rings. The summed E-state index contributed by atoms with van der Waals surface area (Å²) in [4.78, 5) is 21.8. The van der Waals surface area contributed by atoms with Crippen LogP contribution in [0, 0.1) is 12.8 Å². The van der Waals surface area contributed by atoms with Crippen LogP contribution in [0.15, 0.2) is 23.0 Å². The minimum Gasteiger partial charge on any atom is -0.454 e. The molecular weight excluding hydrogens is 318 g/mol. The summed E-state index contributed by atoms with van der Waals surface area (Å²) < 4.78 is 10.8. The lowest BCUT2D eigenvalue weighted by Crippen LogP contribution is -2.38. The van der Waals surface area contributed by atoms with Crippen molar-refractivity contribution in [2.24, 2.45) is 5.92 Å². The Morgan fingerprint density at radius 2 is 2.16 bits per heavy atom. The van der Waals surface area contributed by atoms with Crippen LogP contribution in [0.3, 0.4) is 0 Å². The maximum atomic E-state index is 12.2. The number of hydrogen-bond acceptors (Lipinski definition) is 5. The molecule has 2 aromatic rings. The summed E-state index contributed by atoms with van der Waals surface area (Å²) in [6, 6.07) is 6.16. The van der Waals surface area contributed by atoms with Crippen LogP contribution < -0.4 is 15.0 Å². The third-order valence-electron chi connectivity index (χ3n) is 4.86. The van der Waals surface area contributed by atoms with Crippen molar-refractivity contribution >= 4 is 0 Å². The second kappa shape index (κ2) is 6.52. The van der Waals surface area contributed by atoms with E-state index < -0.39 is 0 Å². The van der Waals surface area contributed by atoms with Crippen molar-refractivity contribution in [1.82, 2.24) is 14.9 Å². The summed E-state index contributed by atoms with van der Waals surface area (Å²) >= 11 is 0. The first-order valence-electron chi connectivity index (χ1n) is 8.78. The van der Waals surface area contributed by atoms with Crippen LogP contribution in [0.5, 0.6) is 11.5 Å². The molecule has 0 amide bonds. The molecule has 2 aliphatic heterocycles. The number of nitrogens with zero attached hydrogens (tertiary/aromatic N) is 2. The van der Waals surface area contributed by atoms with Crippen LogP contribution in [0.4, 0.5) is 0 Å². The molecule has 6 nitrogen and oxygen atoms in total. The standard InChI is InChI=1S/C19H23N3O3/c1-12(7-14-3-4-17-18(8-14)25-11-24-17)9-22-6-5-16-15(10-22)19(23)21-13(2)20-16/h3-4,8,12H,5-7,9-11H2,1-2H3,(H,20,21,23)/t12-/m1/s1. The fraction of sp³-hybridized carbons (Fsp3) is 0.474. The smallest absolute Gasteiger partial charge is 0.255 e. The molecule has 3 heterocycles. The predicted molar refractivity (Wildman–Crippen MR) is 94.0 cm³/mol. The summed E-state index contributed by atoms with van der Waals surface area (Å²) in [6.07, 6.45) is 1.82. The van der Waals surface area contributed by atoms with E-state index in [0.29, 0.717) is 25.1 Å². The van der Waals surface area contributed by atoms with Crippen LogP contribution in [-0.2, 0) is 19.4 Å². The first-order chi connectivity index (χ1) is 12.1. The van der Waals surface area contributed by atoms with E-state index in [1.807, 2.05) is 13.0 Å². The molecular formula is C19H23N3O3. The highest BCUT2D eigenvalue weighted by atomic mass is 16.7. The van der Waals surface area contributed by atoms with Crippen molar-refractivity contribution in [1.29, 1.82) is 0 Å². The summed E-state index contributed by atoms with van der Waals surface area (Å²) in [5.74, 6) is 2.85. The van der Waals surface area contributed by atoms with Gasteiger partial charge in [0.05, 0.1) is 11.3 Å². The molecule has 1 aromatic heterocycles. The monoisotopic (exact) mass is 341 g/mol. The number of H-pyrrole nitrogens is 1. The minimum atomic E-state index is 0.00984. The molecule has 0 radical (unpaired) electrons. The summed E-state index contributed by atoms with van der Waals surface area (Å²) in [6.45, 7) is 6.99. The van der Waals surface area contributed by atoms with Gasteiger partial charge in [0.25, 0.3) is 5.56 Å². The van der Waals surface area contributed by atoms with Gasteiger partial charge in [-0.1, -0.05) is 13.0 Å². The van der Waals surface area contributed by atoms with Gasteiger partial charge in [0.15, 0.2) is 11.5 Å². The van der Waals surface area contributed by atoms with Gasteiger partial charge in [-0.15, -0.1) is 0 Å². The molecule has 0 saturated heterocycles. The van der Waals surface area contributed by atoms with E-state index in [1.165, 1.54) is 5.56 Å². The predicted octanol–water partition coefficient (Wildman–Crippen LogP) is 2.04. The highest BCUT2D eigenvalue weighted by Gasteiger charge is 2.22. The van der Waals surface area contributed by atoms with Crippen molar-refractivity contribution in [2.45, 2.75) is 33.2 Å². The molecule has 4 rings (SSSR count). The Bertz CT molecular complexity index is 846. The quantitative estimate of drug-likeness (QED) is 0.922. The van der Waals surface area contributed by atoms with E-state index in [0.717, 1.165) is 48.7 Å². The highest BCUT2D eigenvalue weighted by molar-refractivity contribution is 5.44. The molecule has 0 aliphatic carbocycles. The van der Waals surface area contributed by atoms with Gasteiger partial charge < -0.3 is 14.5 Å². The molecule has 0 spiro atoms. The highest BCUT2D eigenvalue weighted by Crippen LogP contribution is 2.33. The molecule has 132 valence electrons. The van der Waals surface area contributed by atoms with E-state index in [4.69, 9.17) is 9.47 Å². The molecule has 25 heavy (non-hydrogen) atoms. The molecule has 1 atom stereocenters. The summed E-state index contributed by atoms with van der Waals surface area (Å²) in [7, 11) is 0. The molecule has 0 bridgehead atoms. The number of aromatic amines is 1. The fourth-order valence-corrected chi connectivity index (χ4v) is 3.74. The Labute approximate surface area is 146 Å². The number of ether oxygens (including phenoxy) is 2. The van der Waals surface area contributed by atoms with E-state index in [1.54, 1.807) is 0 Å². The summed E-state index contributed by atoms with van der Waals surface area (Å²) in [5.41, 5.74) is 3.05. The van der Waals surface area contributed by atoms with Crippen LogP contribution in [0.2, 0.25) is 0 Å². The Hall–Kier alpha value is -2.34. The van der Waals surface area contributed by atoms with Crippen molar-refractivity contribution in [3.8, 4) is 11.5 Å². The van der Waals surface area contributed by atoms with E-state index in [2.05, 4.69) is 33.9 Å². The number of nitrogens with one attached hydrogen (secondary N) is 1. The number of hydrogen-bond donors (Lipinski definition) is 1. The number of aryl methyl sites for hydroxylation is 1. The van der Waals surface area contributed by atoms with E-state index in [-0.39, 0.29) is 5.56 Å². The van der Waals surface area contributed by atoms with Gasteiger partial charge in [0, 0.05) is 26.1 Å². The number of aromatic nitrogens is 2. The van der Waals surface area contributed by atoms with Gasteiger partial charge in [-0.3, -0.25) is 9.69 Å². The SMILES string of the molecule is Cc1nc2c(c(=O)[nH]1)CN(C[C@H](C)Cc1ccc3c(c1)OCO3)CC2. The Morgan fingerprint density at radius 3 is 3.04 bits per heavy atom. The van der Waals surface area contributed by atoms with Crippen molar-refractivity contribution < 1.29 is 9.47 Å². The van der Waals surface area contributed by atoms with Crippen LogP contribution in [-0.4, -0.2) is 34.8 Å². The second-order valence-electron chi connectivity index (χ2n) is 7.06. The van der Waals surface area contributed by atoms with Gasteiger partial charge in [-0.25, -0.2) is 4.98 Å². The first kappa shape index (κ1) is 16.1. The van der Waals surface area contributed by atoms with Crippen LogP contribution in [0.25, 0.3) is 0 Å². The molecule has 0 saturated carbocycles. The fourth-order valence-electron chi connectivity index (χ4n) is 3.74. The zero-order chi connectivity index (χ0) is 17.4. The third kappa shape index (κ3) is 3.39. The lowest BCUT2D eigenvalue weighted by atomic mass is 9.98. The van der Waals surface area contributed by atoms with Gasteiger partial charge >= 0.3 is 0 Å². The van der Waals surface area contributed by atoms with E-state index in [9.17, 15) is 4.79 Å². The topological polar surface area (TPSA) is 67.5 Å². The lowest BCUT2D eigenvalue weighted by Gasteiger charge is -2.30. The minimum absolute atomic E-state index is 0.00984. The molecule has 0 unspecified atom stereocenters. The molecule has 6 heteroatoms. The Morgan fingerprint density at radius 1 is 1.32 bits per heavy atom. The molecule has 1 N–H and O–H groups in total. The normalized spacial score (nSPS) is 17.4. The van der Waals surface area contributed by atoms with E-state index >= 15 is 0 Å².